The molecule has 0 radical (unpaired) electrons. The maximum atomic E-state index is 5.84. The minimum Gasteiger partial charge on any atom is -0.381 e. The second kappa shape index (κ2) is 3.56. The van der Waals surface area contributed by atoms with Crippen LogP contribution in [0, 0.1) is 5.92 Å². The fourth-order valence-corrected chi connectivity index (χ4v) is 2.30. The van der Waals surface area contributed by atoms with Gasteiger partial charge >= 0.3 is 0 Å². The molecule has 76 valence electrons. The Morgan fingerprint density at radius 3 is 2.92 bits per heavy atom. The standard InChI is InChI=1S/C10H19NO2/c1-8-6-11-10(2,13-8)5-9-3-4-12-7-9/h8-9,11H,3-7H2,1-2H3. The van der Waals surface area contributed by atoms with Gasteiger partial charge in [0.2, 0.25) is 0 Å². The Kier molecular flexibility index (Phi) is 2.58. The summed E-state index contributed by atoms with van der Waals surface area (Å²) >= 11 is 0. The van der Waals surface area contributed by atoms with Crippen molar-refractivity contribution in [2.45, 2.75) is 38.5 Å². The van der Waals surface area contributed by atoms with Gasteiger partial charge in [0.1, 0.15) is 5.72 Å². The van der Waals surface area contributed by atoms with Gasteiger partial charge in [-0.3, -0.25) is 5.32 Å². The summed E-state index contributed by atoms with van der Waals surface area (Å²) in [4.78, 5) is 0. The predicted octanol–water partition coefficient (Wildman–Crippen LogP) is 1.14. The van der Waals surface area contributed by atoms with Crippen molar-refractivity contribution in [1.82, 2.24) is 5.32 Å². The van der Waals surface area contributed by atoms with Crippen molar-refractivity contribution in [3.05, 3.63) is 0 Å². The highest BCUT2D eigenvalue weighted by atomic mass is 16.5. The number of hydrogen-bond acceptors (Lipinski definition) is 3. The maximum absolute atomic E-state index is 5.84. The van der Waals surface area contributed by atoms with Crippen molar-refractivity contribution in [3.63, 3.8) is 0 Å². The normalized spacial score (nSPS) is 45.7. The molecule has 2 rings (SSSR count). The summed E-state index contributed by atoms with van der Waals surface area (Å²) in [6.45, 7) is 7.08. The third kappa shape index (κ3) is 2.22. The van der Waals surface area contributed by atoms with E-state index < -0.39 is 0 Å². The quantitative estimate of drug-likeness (QED) is 0.699. The zero-order valence-electron chi connectivity index (χ0n) is 8.51. The van der Waals surface area contributed by atoms with E-state index >= 15 is 0 Å². The summed E-state index contributed by atoms with van der Waals surface area (Å²) < 4.78 is 11.2. The Morgan fingerprint density at radius 2 is 2.38 bits per heavy atom. The topological polar surface area (TPSA) is 30.5 Å². The van der Waals surface area contributed by atoms with E-state index in [4.69, 9.17) is 9.47 Å². The van der Waals surface area contributed by atoms with Crippen LogP contribution in [0.25, 0.3) is 0 Å². The number of nitrogens with one attached hydrogen (secondary N) is 1. The molecule has 13 heavy (non-hydrogen) atoms. The van der Waals surface area contributed by atoms with Gasteiger partial charge in [-0.1, -0.05) is 0 Å². The van der Waals surface area contributed by atoms with Crippen LogP contribution >= 0.6 is 0 Å². The molecule has 0 aliphatic carbocycles. The Balaban J connectivity index is 1.85. The van der Waals surface area contributed by atoms with Crippen molar-refractivity contribution in [2.24, 2.45) is 5.92 Å². The van der Waals surface area contributed by atoms with Crippen LogP contribution in [0.5, 0.6) is 0 Å². The second-order valence-electron chi connectivity index (χ2n) is 4.47. The van der Waals surface area contributed by atoms with Crippen LogP contribution < -0.4 is 5.32 Å². The van der Waals surface area contributed by atoms with Gasteiger partial charge in [-0.25, -0.2) is 0 Å². The van der Waals surface area contributed by atoms with E-state index in [2.05, 4.69) is 19.2 Å². The Bertz CT molecular complexity index is 180. The molecule has 0 aromatic carbocycles. The molecular formula is C10H19NO2. The van der Waals surface area contributed by atoms with Crippen LogP contribution in [0.15, 0.2) is 0 Å². The molecule has 2 aliphatic rings. The molecule has 0 aromatic heterocycles. The molecule has 0 spiro atoms. The molecule has 3 atom stereocenters. The first-order chi connectivity index (χ1) is 6.18. The van der Waals surface area contributed by atoms with Gasteiger partial charge in [0.05, 0.1) is 6.10 Å². The minimum atomic E-state index is -0.0994. The van der Waals surface area contributed by atoms with Crippen molar-refractivity contribution in [2.75, 3.05) is 19.8 Å². The van der Waals surface area contributed by atoms with Crippen molar-refractivity contribution >= 4 is 0 Å². The van der Waals surface area contributed by atoms with E-state index in [1.807, 2.05) is 0 Å². The predicted molar refractivity (Wildman–Crippen MR) is 50.5 cm³/mol. The molecule has 3 unspecified atom stereocenters. The zero-order chi connectivity index (χ0) is 9.31. The van der Waals surface area contributed by atoms with Gasteiger partial charge in [0.25, 0.3) is 0 Å². The first-order valence-electron chi connectivity index (χ1n) is 5.18. The van der Waals surface area contributed by atoms with E-state index in [0.717, 1.165) is 26.2 Å². The Hall–Kier alpha value is -0.120. The van der Waals surface area contributed by atoms with Gasteiger partial charge in [-0.05, 0) is 32.6 Å². The number of rotatable bonds is 2. The first-order valence-corrected chi connectivity index (χ1v) is 5.18. The van der Waals surface area contributed by atoms with Crippen LogP contribution in [-0.2, 0) is 9.47 Å². The molecule has 3 heteroatoms. The Labute approximate surface area is 79.8 Å². The highest BCUT2D eigenvalue weighted by Gasteiger charge is 2.36. The van der Waals surface area contributed by atoms with Crippen LogP contribution in [0.1, 0.15) is 26.7 Å². The van der Waals surface area contributed by atoms with Crippen molar-refractivity contribution in [1.29, 1.82) is 0 Å². The Morgan fingerprint density at radius 1 is 1.54 bits per heavy atom. The van der Waals surface area contributed by atoms with E-state index in [0.29, 0.717) is 12.0 Å². The highest BCUT2D eigenvalue weighted by molar-refractivity contribution is 4.85. The summed E-state index contributed by atoms with van der Waals surface area (Å²) in [5.41, 5.74) is -0.0994. The highest BCUT2D eigenvalue weighted by Crippen LogP contribution is 2.28. The van der Waals surface area contributed by atoms with E-state index in [1.165, 1.54) is 6.42 Å². The lowest BCUT2D eigenvalue weighted by Gasteiger charge is -2.26. The summed E-state index contributed by atoms with van der Waals surface area (Å²) in [5, 5.41) is 3.43. The molecule has 0 bridgehead atoms. The SMILES string of the molecule is CC1CNC(C)(CC2CCOC2)O1. The van der Waals surface area contributed by atoms with E-state index in [1.54, 1.807) is 0 Å². The smallest absolute Gasteiger partial charge is 0.117 e. The summed E-state index contributed by atoms with van der Waals surface area (Å²) in [6.07, 6.45) is 2.62. The van der Waals surface area contributed by atoms with Crippen LogP contribution in [0.2, 0.25) is 0 Å². The summed E-state index contributed by atoms with van der Waals surface area (Å²) in [6, 6.07) is 0. The van der Waals surface area contributed by atoms with Crippen LogP contribution in [-0.4, -0.2) is 31.6 Å². The third-order valence-electron chi connectivity index (χ3n) is 2.93. The van der Waals surface area contributed by atoms with Gasteiger partial charge in [0.15, 0.2) is 0 Å². The molecular weight excluding hydrogens is 166 g/mol. The number of ether oxygens (including phenoxy) is 2. The van der Waals surface area contributed by atoms with Crippen LogP contribution in [0.3, 0.4) is 0 Å². The van der Waals surface area contributed by atoms with Gasteiger partial charge in [0, 0.05) is 19.8 Å². The van der Waals surface area contributed by atoms with E-state index in [9.17, 15) is 0 Å². The maximum Gasteiger partial charge on any atom is 0.117 e. The molecule has 1 N–H and O–H groups in total. The fourth-order valence-electron chi connectivity index (χ4n) is 2.30. The molecule has 2 heterocycles. The average Bonchev–Trinajstić information content (AvgIpc) is 2.62. The first kappa shape index (κ1) is 9.44. The van der Waals surface area contributed by atoms with Crippen molar-refractivity contribution in [3.8, 4) is 0 Å². The molecule has 2 saturated heterocycles. The van der Waals surface area contributed by atoms with Gasteiger partial charge in [-0.15, -0.1) is 0 Å². The lowest BCUT2D eigenvalue weighted by molar-refractivity contribution is -0.0462. The summed E-state index contributed by atoms with van der Waals surface area (Å²) in [5.74, 6) is 0.683. The largest absolute Gasteiger partial charge is 0.381 e. The monoisotopic (exact) mass is 185 g/mol. The molecule has 0 aromatic rings. The average molecular weight is 185 g/mol. The minimum absolute atomic E-state index is 0.0994. The molecule has 3 nitrogen and oxygen atoms in total. The molecule has 0 saturated carbocycles. The third-order valence-corrected chi connectivity index (χ3v) is 2.93. The van der Waals surface area contributed by atoms with Crippen molar-refractivity contribution < 1.29 is 9.47 Å². The lowest BCUT2D eigenvalue weighted by atomic mass is 9.98. The zero-order valence-corrected chi connectivity index (χ0v) is 8.51. The fraction of sp³-hybridized carbons (Fsp3) is 1.00. The molecule has 2 aliphatic heterocycles. The lowest BCUT2D eigenvalue weighted by Crippen LogP contribution is -2.39. The van der Waals surface area contributed by atoms with Gasteiger partial charge < -0.3 is 9.47 Å². The molecule has 2 fully saturated rings. The second-order valence-corrected chi connectivity index (χ2v) is 4.47. The number of hydrogen-bond donors (Lipinski definition) is 1. The van der Waals surface area contributed by atoms with Gasteiger partial charge in [-0.2, -0.15) is 0 Å². The molecule has 0 amide bonds. The van der Waals surface area contributed by atoms with Crippen LogP contribution in [0.4, 0.5) is 0 Å². The van der Waals surface area contributed by atoms with E-state index in [-0.39, 0.29) is 5.72 Å². The summed E-state index contributed by atoms with van der Waals surface area (Å²) in [7, 11) is 0.